The Morgan fingerprint density at radius 1 is 1.25 bits per heavy atom. The van der Waals surface area contributed by atoms with Crippen LogP contribution >= 0.6 is 38.9 Å². The summed E-state index contributed by atoms with van der Waals surface area (Å²) in [4.78, 5) is 10.3. The quantitative estimate of drug-likeness (QED) is 0.547. The van der Waals surface area contributed by atoms with Crippen molar-refractivity contribution in [2.24, 2.45) is 0 Å². The fourth-order valence-electron chi connectivity index (χ4n) is 2.18. The predicted octanol–water partition coefficient (Wildman–Crippen LogP) is 5.65. The maximum absolute atomic E-state index is 6.34. The molecule has 0 atom stereocenters. The van der Waals surface area contributed by atoms with Gasteiger partial charge in [0.1, 0.15) is 5.15 Å². The average Bonchev–Trinajstić information content (AvgIpc) is 2.91. The van der Waals surface area contributed by atoms with Crippen molar-refractivity contribution in [1.82, 2.24) is 9.97 Å². The van der Waals surface area contributed by atoms with Crippen molar-refractivity contribution in [3.05, 3.63) is 44.3 Å². The van der Waals surface area contributed by atoms with Gasteiger partial charge in [0, 0.05) is 9.86 Å². The number of rotatable bonds is 2. The number of benzene rings is 1. The van der Waals surface area contributed by atoms with Crippen LogP contribution in [0.25, 0.3) is 21.6 Å². The number of hydrogen-bond acceptors (Lipinski definition) is 3. The van der Waals surface area contributed by atoms with Crippen LogP contribution in [0.2, 0.25) is 5.15 Å². The fourth-order valence-corrected chi connectivity index (χ4v) is 3.66. The van der Waals surface area contributed by atoms with Crippen molar-refractivity contribution in [1.29, 1.82) is 0 Å². The highest BCUT2D eigenvalue weighted by Gasteiger charge is 2.14. The zero-order valence-corrected chi connectivity index (χ0v) is 14.2. The average molecular weight is 368 g/mol. The zero-order chi connectivity index (χ0) is 14.3. The number of halogens is 2. The molecule has 0 aliphatic heterocycles. The molecular weight excluding hydrogens is 356 g/mol. The minimum atomic E-state index is 0.510. The molecule has 5 heteroatoms. The molecule has 2 heterocycles. The van der Waals surface area contributed by atoms with E-state index in [1.165, 1.54) is 5.56 Å². The first-order chi connectivity index (χ1) is 9.61. The third-order valence-electron chi connectivity index (χ3n) is 3.34. The molecule has 0 amide bonds. The maximum atomic E-state index is 6.34. The first-order valence-corrected chi connectivity index (χ1v) is 8.36. The lowest BCUT2D eigenvalue weighted by molar-refractivity contribution is 1.14. The van der Waals surface area contributed by atoms with Gasteiger partial charge in [-0.1, -0.05) is 34.5 Å². The summed E-state index contributed by atoms with van der Waals surface area (Å²) < 4.78 is 1.03. The Labute approximate surface area is 135 Å². The molecule has 0 bridgehead atoms. The van der Waals surface area contributed by atoms with Crippen LogP contribution in [0.3, 0.4) is 0 Å². The van der Waals surface area contributed by atoms with Gasteiger partial charge in [-0.2, -0.15) is 0 Å². The molecule has 3 aromatic rings. The molecule has 0 aliphatic rings. The zero-order valence-electron chi connectivity index (χ0n) is 11.1. The molecule has 2 nitrogen and oxygen atoms in total. The van der Waals surface area contributed by atoms with Crippen LogP contribution in [0.4, 0.5) is 0 Å². The Kier molecular flexibility index (Phi) is 3.80. The highest BCUT2D eigenvalue weighted by atomic mass is 79.9. The number of thiophene rings is 1. The van der Waals surface area contributed by atoms with Gasteiger partial charge in [-0.05, 0) is 48.1 Å². The predicted molar refractivity (Wildman–Crippen MR) is 89.7 cm³/mol. The first-order valence-electron chi connectivity index (χ1n) is 6.31. The smallest absolute Gasteiger partial charge is 0.171 e. The van der Waals surface area contributed by atoms with E-state index in [0.29, 0.717) is 5.15 Å². The van der Waals surface area contributed by atoms with Crippen LogP contribution < -0.4 is 0 Å². The van der Waals surface area contributed by atoms with E-state index in [-0.39, 0.29) is 0 Å². The Hall–Kier alpha value is -0.970. The van der Waals surface area contributed by atoms with Gasteiger partial charge in [-0.25, -0.2) is 9.97 Å². The second-order valence-corrected chi connectivity index (χ2v) is 6.66. The molecule has 1 aromatic carbocycles. The molecule has 2 aromatic heterocycles. The van der Waals surface area contributed by atoms with E-state index in [0.717, 1.165) is 38.1 Å². The van der Waals surface area contributed by atoms with E-state index < -0.39 is 0 Å². The van der Waals surface area contributed by atoms with Gasteiger partial charge in [0.25, 0.3) is 0 Å². The van der Waals surface area contributed by atoms with Crippen molar-refractivity contribution in [2.75, 3.05) is 0 Å². The molecule has 0 N–H and O–H groups in total. The van der Waals surface area contributed by atoms with Crippen molar-refractivity contribution in [3.63, 3.8) is 0 Å². The minimum absolute atomic E-state index is 0.510. The van der Waals surface area contributed by atoms with Crippen LogP contribution in [0.5, 0.6) is 0 Å². The molecule has 3 rings (SSSR count). The number of aryl methyl sites for hydroxylation is 2. The second-order valence-electron chi connectivity index (χ2n) is 4.54. The summed E-state index contributed by atoms with van der Waals surface area (Å²) in [5, 5.41) is 3.48. The number of nitrogens with zero attached hydrogens (tertiary/aromatic N) is 2. The molecule has 0 saturated heterocycles. The van der Waals surface area contributed by atoms with Gasteiger partial charge in [0.2, 0.25) is 0 Å². The van der Waals surface area contributed by atoms with Gasteiger partial charge in [0.15, 0.2) is 5.82 Å². The molecular formula is C15H12BrClN2S. The minimum Gasteiger partial charge on any atom is -0.227 e. The van der Waals surface area contributed by atoms with Crippen molar-refractivity contribution >= 4 is 49.8 Å². The van der Waals surface area contributed by atoms with Gasteiger partial charge in [0.05, 0.1) is 10.4 Å². The SMILES string of the molecule is CCc1ccsc1-c1nc(Cl)c2ccc(Br)c(C)c2n1. The molecule has 0 spiro atoms. The summed E-state index contributed by atoms with van der Waals surface area (Å²) in [5.41, 5.74) is 3.26. The maximum Gasteiger partial charge on any atom is 0.171 e. The van der Waals surface area contributed by atoms with Crippen LogP contribution in [-0.2, 0) is 6.42 Å². The Bertz CT molecular complexity index is 798. The molecule has 20 heavy (non-hydrogen) atoms. The highest BCUT2D eigenvalue weighted by molar-refractivity contribution is 9.10. The monoisotopic (exact) mass is 366 g/mol. The standard InChI is InChI=1S/C15H12BrClN2S/c1-3-9-6-7-20-13(9)15-18-12-8(2)11(16)5-4-10(12)14(17)19-15/h4-7H,3H2,1-2H3. The lowest BCUT2D eigenvalue weighted by Crippen LogP contribution is -1.94. The molecule has 102 valence electrons. The van der Waals surface area contributed by atoms with Gasteiger partial charge in [-0.3, -0.25) is 0 Å². The van der Waals surface area contributed by atoms with Gasteiger partial charge >= 0.3 is 0 Å². The summed E-state index contributed by atoms with van der Waals surface area (Å²) in [6, 6.07) is 6.05. The van der Waals surface area contributed by atoms with Crippen LogP contribution in [0.15, 0.2) is 28.1 Å². The molecule has 0 radical (unpaired) electrons. The summed E-state index contributed by atoms with van der Waals surface area (Å²) in [7, 11) is 0. The fraction of sp³-hybridized carbons (Fsp3) is 0.200. The van der Waals surface area contributed by atoms with Crippen LogP contribution in [-0.4, -0.2) is 9.97 Å². The summed E-state index contributed by atoms with van der Waals surface area (Å²) in [5.74, 6) is 0.718. The van der Waals surface area contributed by atoms with E-state index >= 15 is 0 Å². The highest BCUT2D eigenvalue weighted by Crippen LogP contribution is 2.33. The molecule has 0 saturated carbocycles. The number of hydrogen-bond donors (Lipinski definition) is 0. The van der Waals surface area contributed by atoms with Crippen LogP contribution in [0, 0.1) is 6.92 Å². The van der Waals surface area contributed by atoms with E-state index in [2.05, 4.69) is 39.3 Å². The molecule has 0 aliphatic carbocycles. The van der Waals surface area contributed by atoms with E-state index in [1.807, 2.05) is 19.1 Å². The third-order valence-corrected chi connectivity index (χ3v) is 5.44. The van der Waals surface area contributed by atoms with E-state index in [9.17, 15) is 0 Å². The lowest BCUT2D eigenvalue weighted by Gasteiger charge is -2.08. The number of fused-ring (bicyclic) bond motifs is 1. The molecule has 0 fully saturated rings. The van der Waals surface area contributed by atoms with E-state index in [4.69, 9.17) is 16.6 Å². The summed E-state index contributed by atoms with van der Waals surface area (Å²) in [6.07, 6.45) is 0.968. The number of aromatic nitrogens is 2. The summed E-state index contributed by atoms with van der Waals surface area (Å²) in [6.45, 7) is 4.17. The Balaban J connectivity index is 2.31. The third kappa shape index (κ3) is 2.26. The topological polar surface area (TPSA) is 25.8 Å². The van der Waals surface area contributed by atoms with Crippen LogP contribution in [0.1, 0.15) is 18.1 Å². The van der Waals surface area contributed by atoms with E-state index in [1.54, 1.807) is 11.3 Å². The van der Waals surface area contributed by atoms with Gasteiger partial charge in [-0.15, -0.1) is 11.3 Å². The Morgan fingerprint density at radius 2 is 2.05 bits per heavy atom. The van der Waals surface area contributed by atoms with Crippen molar-refractivity contribution < 1.29 is 0 Å². The molecule has 0 unspecified atom stereocenters. The normalized spacial score (nSPS) is 11.2. The Morgan fingerprint density at radius 3 is 2.80 bits per heavy atom. The first kappa shape index (κ1) is 14.0. The van der Waals surface area contributed by atoms with Crippen molar-refractivity contribution in [2.45, 2.75) is 20.3 Å². The largest absolute Gasteiger partial charge is 0.227 e. The van der Waals surface area contributed by atoms with Gasteiger partial charge < -0.3 is 0 Å². The van der Waals surface area contributed by atoms with Crippen molar-refractivity contribution in [3.8, 4) is 10.7 Å². The second kappa shape index (κ2) is 5.43. The lowest BCUT2D eigenvalue weighted by atomic mass is 10.1. The summed E-state index contributed by atoms with van der Waals surface area (Å²) >= 11 is 11.5.